The van der Waals surface area contributed by atoms with Crippen LogP contribution < -0.4 is 29.6 Å². The van der Waals surface area contributed by atoms with Gasteiger partial charge in [0, 0.05) is 0 Å². The molecule has 0 amide bonds. The third-order valence-corrected chi connectivity index (χ3v) is 4.34. The summed E-state index contributed by atoms with van der Waals surface area (Å²) < 4.78 is 34.8. The molecule has 0 aliphatic heterocycles. The first kappa shape index (κ1) is 30.3. The molecule has 0 unspecified atom stereocenters. The quantitative estimate of drug-likeness (QED) is 0.124. The molecular formula is C18H37NaO5S. The first-order chi connectivity index (χ1) is 11.1. The zero-order chi connectivity index (χ0) is 17.2. The standard InChI is InChI=1S/C18H36O4S.Na.H2O/c1-2-3-4-5-6-7-8-9-10-11-12-13-14-15-16-17-18-22-23(19,20)21;;/h9-10H,2-8,11-18H2,1H3,(H,19,20,21);;1H2/q;+1;/p-1/b10-9-;;. The van der Waals surface area contributed by atoms with Crippen LogP contribution in [0.4, 0.5) is 0 Å². The van der Waals surface area contributed by atoms with Gasteiger partial charge in [0.05, 0.1) is 6.61 Å². The van der Waals surface area contributed by atoms with Crippen molar-refractivity contribution in [3.8, 4) is 0 Å². The van der Waals surface area contributed by atoms with Gasteiger partial charge in [0.25, 0.3) is 0 Å². The summed E-state index contributed by atoms with van der Waals surface area (Å²) in [6.45, 7) is 2.27. The van der Waals surface area contributed by atoms with E-state index in [2.05, 4.69) is 23.3 Å². The summed E-state index contributed by atoms with van der Waals surface area (Å²) >= 11 is 0. The van der Waals surface area contributed by atoms with Gasteiger partial charge in [-0.15, -0.1) is 0 Å². The summed E-state index contributed by atoms with van der Waals surface area (Å²) in [4.78, 5) is 0. The van der Waals surface area contributed by atoms with Gasteiger partial charge in [0.15, 0.2) is 0 Å². The van der Waals surface area contributed by atoms with Crippen LogP contribution in [0.5, 0.6) is 0 Å². The molecule has 0 saturated carbocycles. The molecule has 0 rings (SSSR count). The van der Waals surface area contributed by atoms with Gasteiger partial charge in [-0.05, 0) is 32.1 Å². The molecular weight excluding hydrogens is 351 g/mol. The van der Waals surface area contributed by atoms with Crippen molar-refractivity contribution in [2.24, 2.45) is 0 Å². The second kappa shape index (κ2) is 22.6. The summed E-state index contributed by atoms with van der Waals surface area (Å²) in [5.74, 6) is 0. The van der Waals surface area contributed by atoms with Crippen LogP contribution in [0.1, 0.15) is 96.8 Å². The molecule has 25 heavy (non-hydrogen) atoms. The molecule has 0 radical (unpaired) electrons. The average molecular weight is 389 g/mol. The summed E-state index contributed by atoms with van der Waals surface area (Å²) in [6.07, 6.45) is 21.4. The van der Waals surface area contributed by atoms with Crippen LogP contribution in [-0.4, -0.2) is 25.1 Å². The first-order valence-electron chi connectivity index (χ1n) is 9.31. The molecule has 7 heteroatoms. The van der Waals surface area contributed by atoms with Crippen molar-refractivity contribution in [2.75, 3.05) is 6.61 Å². The summed E-state index contributed by atoms with van der Waals surface area (Å²) in [5, 5.41) is 0. The number of unbranched alkanes of at least 4 members (excludes halogenated alkanes) is 12. The van der Waals surface area contributed by atoms with Crippen LogP contribution >= 0.6 is 0 Å². The first-order valence-corrected chi connectivity index (χ1v) is 10.6. The minimum atomic E-state index is -4.50. The minimum absolute atomic E-state index is 0. The number of rotatable bonds is 17. The number of allylic oxidation sites excluding steroid dienone is 2. The van der Waals surface area contributed by atoms with Crippen molar-refractivity contribution in [3.05, 3.63) is 12.2 Å². The molecule has 146 valence electrons. The monoisotopic (exact) mass is 388 g/mol. The molecule has 0 atom stereocenters. The van der Waals surface area contributed by atoms with E-state index in [1.54, 1.807) is 0 Å². The van der Waals surface area contributed by atoms with E-state index in [4.69, 9.17) is 0 Å². The third-order valence-electron chi connectivity index (χ3n) is 3.88. The smallest absolute Gasteiger partial charge is 0.726 e. The predicted octanol–water partition coefficient (Wildman–Crippen LogP) is 1.68. The zero-order valence-electron chi connectivity index (χ0n) is 16.3. The van der Waals surface area contributed by atoms with Crippen LogP contribution in [0.25, 0.3) is 0 Å². The Morgan fingerprint density at radius 3 is 1.60 bits per heavy atom. The Hall–Kier alpha value is 0.570. The molecule has 0 spiro atoms. The Labute approximate surface area is 177 Å². The zero-order valence-corrected chi connectivity index (χ0v) is 19.1. The Balaban J connectivity index is -0.00000242. The van der Waals surface area contributed by atoms with Gasteiger partial charge in [0.2, 0.25) is 10.4 Å². The van der Waals surface area contributed by atoms with Gasteiger partial charge in [0.1, 0.15) is 0 Å². The van der Waals surface area contributed by atoms with E-state index in [0.29, 0.717) is 6.42 Å². The van der Waals surface area contributed by atoms with Crippen molar-refractivity contribution in [3.63, 3.8) is 0 Å². The van der Waals surface area contributed by atoms with Gasteiger partial charge in [-0.2, -0.15) is 0 Å². The third kappa shape index (κ3) is 29.6. The van der Waals surface area contributed by atoms with Gasteiger partial charge in [-0.1, -0.05) is 76.9 Å². The average Bonchev–Trinajstić information content (AvgIpc) is 2.49. The van der Waals surface area contributed by atoms with Gasteiger partial charge in [-0.3, -0.25) is 4.18 Å². The van der Waals surface area contributed by atoms with Crippen molar-refractivity contribution < 1.29 is 52.2 Å². The van der Waals surface area contributed by atoms with E-state index in [-0.39, 0.29) is 41.6 Å². The van der Waals surface area contributed by atoms with E-state index in [1.165, 1.54) is 57.8 Å². The van der Waals surface area contributed by atoms with Crippen LogP contribution in [0.15, 0.2) is 12.2 Å². The van der Waals surface area contributed by atoms with Crippen molar-refractivity contribution in [1.82, 2.24) is 0 Å². The summed E-state index contributed by atoms with van der Waals surface area (Å²) in [7, 11) is -4.50. The van der Waals surface area contributed by atoms with Crippen LogP contribution in [0, 0.1) is 0 Å². The topological polar surface area (TPSA) is 97.9 Å². The number of hydrogen-bond donors (Lipinski definition) is 0. The van der Waals surface area contributed by atoms with E-state index >= 15 is 0 Å². The molecule has 0 saturated heterocycles. The molecule has 0 aromatic rings. The normalized spacial score (nSPS) is 11.3. The summed E-state index contributed by atoms with van der Waals surface area (Å²) in [6, 6.07) is 0. The molecule has 5 nitrogen and oxygen atoms in total. The van der Waals surface area contributed by atoms with E-state index in [1.807, 2.05) is 0 Å². The Bertz CT molecular complexity index is 372. The fourth-order valence-corrected chi connectivity index (χ4v) is 2.83. The summed E-state index contributed by atoms with van der Waals surface area (Å²) in [5.41, 5.74) is 0. The van der Waals surface area contributed by atoms with Crippen LogP contribution in [0.2, 0.25) is 0 Å². The van der Waals surface area contributed by atoms with Gasteiger partial charge < -0.3 is 10.0 Å². The second-order valence-corrected chi connectivity index (χ2v) is 7.22. The Morgan fingerprint density at radius 2 is 1.16 bits per heavy atom. The van der Waals surface area contributed by atoms with Crippen molar-refractivity contribution in [1.29, 1.82) is 0 Å². The van der Waals surface area contributed by atoms with Crippen molar-refractivity contribution >= 4 is 10.4 Å². The molecule has 0 heterocycles. The number of hydrogen-bond acceptors (Lipinski definition) is 4. The molecule has 0 aliphatic carbocycles. The fourth-order valence-electron chi connectivity index (χ4n) is 2.51. The van der Waals surface area contributed by atoms with Crippen molar-refractivity contribution in [2.45, 2.75) is 96.8 Å². The molecule has 2 N–H and O–H groups in total. The largest absolute Gasteiger partial charge is 1.00 e. The maximum atomic E-state index is 10.2. The Kier molecular flexibility index (Phi) is 27.4. The van der Waals surface area contributed by atoms with E-state index < -0.39 is 10.4 Å². The Morgan fingerprint density at radius 1 is 0.760 bits per heavy atom. The van der Waals surface area contributed by atoms with Crippen LogP contribution in [0.3, 0.4) is 0 Å². The minimum Gasteiger partial charge on any atom is -0.726 e. The fraction of sp³-hybridized carbons (Fsp3) is 0.889. The van der Waals surface area contributed by atoms with E-state index in [0.717, 1.165) is 25.7 Å². The van der Waals surface area contributed by atoms with Gasteiger partial charge in [-0.25, -0.2) is 8.42 Å². The second-order valence-electron chi connectivity index (χ2n) is 6.17. The molecule has 0 fully saturated rings. The maximum Gasteiger partial charge on any atom is 1.00 e. The molecule has 0 aromatic heterocycles. The molecule has 0 aliphatic rings. The predicted molar refractivity (Wildman–Crippen MR) is 98.7 cm³/mol. The van der Waals surface area contributed by atoms with E-state index in [9.17, 15) is 13.0 Å². The SMILES string of the molecule is CCCCCCCC/C=C\CCCCCCCCOS(=O)(=O)[O-].O.[Na+]. The molecule has 0 bridgehead atoms. The molecule has 0 aromatic carbocycles. The van der Waals surface area contributed by atoms with Crippen LogP contribution in [-0.2, 0) is 14.6 Å². The van der Waals surface area contributed by atoms with Gasteiger partial charge >= 0.3 is 29.6 Å². The maximum absolute atomic E-state index is 10.2.